The van der Waals surface area contributed by atoms with Crippen molar-refractivity contribution in [2.45, 2.75) is 6.42 Å². The molecular weight excluding hydrogens is 208 g/mol. The number of hydrogen-bond donors (Lipinski definition) is 2. The summed E-state index contributed by atoms with van der Waals surface area (Å²) < 4.78 is 0. The van der Waals surface area contributed by atoms with Crippen LogP contribution in [0.4, 0.5) is 0 Å². The van der Waals surface area contributed by atoms with Gasteiger partial charge in [0.05, 0.1) is 0 Å². The van der Waals surface area contributed by atoms with E-state index in [-0.39, 0.29) is 5.91 Å². The number of nitrogens with one attached hydrogen (secondary N) is 2. The number of hydrogen-bond acceptors (Lipinski definition) is 2. The largest absolute Gasteiger partial charge is 0.357 e. The lowest BCUT2D eigenvalue weighted by Crippen LogP contribution is -2.25. The fourth-order valence-corrected chi connectivity index (χ4v) is 2.03. The van der Waals surface area contributed by atoms with Gasteiger partial charge in [0, 0.05) is 12.7 Å². The normalized spacial score (nSPS) is 10.1. The monoisotopic (exact) mass is 220 g/mol. The first-order chi connectivity index (χ1) is 7.36. The highest BCUT2D eigenvalue weighted by atomic mass is 32.1. The van der Waals surface area contributed by atoms with Crippen LogP contribution in [0.1, 0.15) is 16.1 Å². The molecule has 15 heavy (non-hydrogen) atoms. The van der Waals surface area contributed by atoms with E-state index in [1.54, 1.807) is 23.6 Å². The maximum absolute atomic E-state index is 11.5. The van der Waals surface area contributed by atoms with Crippen LogP contribution in [0.5, 0.6) is 0 Å². The third kappa shape index (κ3) is 2.70. The van der Waals surface area contributed by atoms with Crippen molar-refractivity contribution in [1.82, 2.24) is 10.3 Å². The van der Waals surface area contributed by atoms with Gasteiger partial charge in [0.2, 0.25) is 0 Å². The third-order valence-corrected chi connectivity index (χ3v) is 2.85. The van der Waals surface area contributed by atoms with Crippen molar-refractivity contribution >= 4 is 17.2 Å². The Balaban J connectivity index is 1.77. The van der Waals surface area contributed by atoms with Crippen molar-refractivity contribution in [1.29, 1.82) is 0 Å². The molecule has 0 radical (unpaired) electrons. The minimum absolute atomic E-state index is 0.0461. The Kier molecular flexibility index (Phi) is 3.19. The second-order valence-electron chi connectivity index (χ2n) is 3.22. The number of carbonyl (C=O) groups is 1. The molecule has 2 aromatic heterocycles. The zero-order valence-corrected chi connectivity index (χ0v) is 9.01. The number of aromatic amines is 1. The topological polar surface area (TPSA) is 44.9 Å². The number of H-pyrrole nitrogens is 1. The van der Waals surface area contributed by atoms with E-state index in [4.69, 9.17) is 0 Å². The molecule has 0 bridgehead atoms. The molecule has 0 unspecified atom stereocenters. The molecule has 3 nitrogen and oxygen atoms in total. The van der Waals surface area contributed by atoms with Gasteiger partial charge < -0.3 is 10.3 Å². The molecule has 0 fully saturated rings. The Morgan fingerprint density at radius 1 is 1.47 bits per heavy atom. The highest BCUT2D eigenvalue weighted by Crippen LogP contribution is 2.05. The summed E-state index contributed by atoms with van der Waals surface area (Å²) in [6.07, 6.45) is 2.63. The van der Waals surface area contributed by atoms with Crippen LogP contribution < -0.4 is 5.32 Å². The van der Waals surface area contributed by atoms with Gasteiger partial charge in [-0.05, 0) is 40.9 Å². The predicted molar refractivity (Wildman–Crippen MR) is 61.1 cm³/mol. The van der Waals surface area contributed by atoms with E-state index in [0.717, 1.165) is 6.42 Å². The predicted octanol–water partition coefficient (Wildman–Crippen LogP) is 2.05. The molecule has 78 valence electrons. The number of thiophene rings is 1. The Morgan fingerprint density at radius 2 is 2.40 bits per heavy atom. The molecular formula is C11H12N2OS. The van der Waals surface area contributed by atoms with Crippen LogP contribution >= 0.6 is 11.3 Å². The summed E-state index contributed by atoms with van der Waals surface area (Å²) in [6.45, 7) is 0.675. The van der Waals surface area contributed by atoms with E-state index in [9.17, 15) is 4.79 Å². The summed E-state index contributed by atoms with van der Waals surface area (Å²) in [4.78, 5) is 14.4. The molecule has 2 heterocycles. The summed E-state index contributed by atoms with van der Waals surface area (Å²) >= 11 is 1.68. The molecule has 0 aliphatic carbocycles. The van der Waals surface area contributed by atoms with Gasteiger partial charge in [-0.25, -0.2) is 0 Å². The van der Waals surface area contributed by atoms with Crippen LogP contribution in [-0.2, 0) is 6.42 Å². The molecule has 0 aliphatic heterocycles. The molecule has 0 aromatic carbocycles. The molecule has 2 aromatic rings. The van der Waals surface area contributed by atoms with Crippen molar-refractivity contribution in [3.63, 3.8) is 0 Å². The molecule has 0 spiro atoms. The summed E-state index contributed by atoms with van der Waals surface area (Å²) in [5, 5.41) is 7.00. The van der Waals surface area contributed by atoms with Crippen molar-refractivity contribution in [3.8, 4) is 0 Å². The van der Waals surface area contributed by atoms with Crippen LogP contribution in [0, 0.1) is 0 Å². The average Bonchev–Trinajstić information content (AvgIpc) is 2.90. The Labute approximate surface area is 92.1 Å². The highest BCUT2D eigenvalue weighted by molar-refractivity contribution is 7.07. The fourth-order valence-electron chi connectivity index (χ4n) is 1.32. The van der Waals surface area contributed by atoms with Crippen LogP contribution in [0.25, 0.3) is 0 Å². The minimum Gasteiger partial charge on any atom is -0.357 e. The van der Waals surface area contributed by atoms with E-state index >= 15 is 0 Å². The van der Waals surface area contributed by atoms with Crippen LogP contribution in [0.15, 0.2) is 35.2 Å². The molecule has 4 heteroatoms. The van der Waals surface area contributed by atoms with E-state index < -0.39 is 0 Å². The fraction of sp³-hybridized carbons (Fsp3) is 0.182. The van der Waals surface area contributed by atoms with Gasteiger partial charge in [0.1, 0.15) is 5.69 Å². The average molecular weight is 220 g/mol. The second-order valence-corrected chi connectivity index (χ2v) is 4.00. The Bertz CT molecular complexity index is 406. The third-order valence-electron chi connectivity index (χ3n) is 2.12. The molecule has 0 saturated heterocycles. The van der Waals surface area contributed by atoms with Crippen LogP contribution in [0.3, 0.4) is 0 Å². The van der Waals surface area contributed by atoms with Gasteiger partial charge in [-0.3, -0.25) is 4.79 Å². The molecule has 0 saturated carbocycles. The number of carbonyl (C=O) groups excluding carboxylic acids is 1. The number of rotatable bonds is 4. The molecule has 2 rings (SSSR count). The highest BCUT2D eigenvalue weighted by Gasteiger charge is 2.04. The summed E-state index contributed by atoms with van der Waals surface area (Å²) in [7, 11) is 0. The SMILES string of the molecule is O=C(NCCc1ccsc1)c1ccc[nH]1. The molecule has 2 N–H and O–H groups in total. The van der Waals surface area contributed by atoms with E-state index in [1.807, 2.05) is 11.4 Å². The van der Waals surface area contributed by atoms with Gasteiger partial charge in [0.25, 0.3) is 5.91 Å². The van der Waals surface area contributed by atoms with Crippen LogP contribution in [0.2, 0.25) is 0 Å². The van der Waals surface area contributed by atoms with Gasteiger partial charge in [-0.1, -0.05) is 0 Å². The molecule has 0 atom stereocenters. The van der Waals surface area contributed by atoms with Gasteiger partial charge >= 0.3 is 0 Å². The molecule has 1 amide bonds. The van der Waals surface area contributed by atoms with Crippen molar-refractivity contribution in [2.24, 2.45) is 0 Å². The van der Waals surface area contributed by atoms with Crippen LogP contribution in [-0.4, -0.2) is 17.4 Å². The van der Waals surface area contributed by atoms with E-state index in [1.165, 1.54) is 5.56 Å². The standard InChI is InChI=1S/C11H12N2OS/c14-11(10-2-1-5-12-10)13-6-3-9-4-7-15-8-9/h1-2,4-5,7-8,12H,3,6H2,(H,13,14). The summed E-state index contributed by atoms with van der Waals surface area (Å²) in [5.74, 6) is -0.0461. The number of amides is 1. The first-order valence-corrected chi connectivity index (χ1v) is 5.73. The van der Waals surface area contributed by atoms with E-state index in [2.05, 4.69) is 21.7 Å². The lowest BCUT2D eigenvalue weighted by molar-refractivity contribution is 0.0950. The van der Waals surface area contributed by atoms with Gasteiger partial charge in [0.15, 0.2) is 0 Å². The first kappa shape index (κ1) is 9.98. The minimum atomic E-state index is -0.0461. The van der Waals surface area contributed by atoms with E-state index in [0.29, 0.717) is 12.2 Å². The van der Waals surface area contributed by atoms with Gasteiger partial charge in [-0.15, -0.1) is 0 Å². The number of aromatic nitrogens is 1. The zero-order valence-electron chi connectivity index (χ0n) is 8.19. The summed E-state index contributed by atoms with van der Waals surface area (Å²) in [6, 6.07) is 5.65. The maximum Gasteiger partial charge on any atom is 0.267 e. The lowest BCUT2D eigenvalue weighted by Gasteiger charge is -2.01. The van der Waals surface area contributed by atoms with Crippen molar-refractivity contribution in [3.05, 3.63) is 46.4 Å². The zero-order chi connectivity index (χ0) is 10.5. The second kappa shape index (κ2) is 4.79. The maximum atomic E-state index is 11.5. The van der Waals surface area contributed by atoms with Crippen molar-refractivity contribution in [2.75, 3.05) is 6.54 Å². The summed E-state index contributed by atoms with van der Waals surface area (Å²) in [5.41, 5.74) is 1.88. The lowest BCUT2D eigenvalue weighted by atomic mass is 10.2. The molecule has 0 aliphatic rings. The Hall–Kier alpha value is -1.55. The van der Waals surface area contributed by atoms with Gasteiger partial charge in [-0.2, -0.15) is 11.3 Å². The smallest absolute Gasteiger partial charge is 0.267 e. The quantitative estimate of drug-likeness (QED) is 0.813. The first-order valence-electron chi connectivity index (χ1n) is 4.79. The van der Waals surface area contributed by atoms with Crippen molar-refractivity contribution < 1.29 is 4.79 Å². The Morgan fingerprint density at radius 3 is 3.07 bits per heavy atom.